The monoisotopic (exact) mass is 1160 g/mol. The molecule has 0 amide bonds. The summed E-state index contributed by atoms with van der Waals surface area (Å²) in [6.07, 6.45) is 11.9. The Kier molecular flexibility index (Phi) is 22.0. The van der Waals surface area contributed by atoms with E-state index in [0.29, 0.717) is 23.2 Å². The van der Waals surface area contributed by atoms with Crippen LogP contribution in [-0.4, -0.2) is 36.1 Å². The highest BCUT2D eigenvalue weighted by Gasteiger charge is 2.56. The summed E-state index contributed by atoms with van der Waals surface area (Å²) in [7, 11) is 3.87. The minimum absolute atomic E-state index is 0. The third-order valence-electron chi connectivity index (χ3n) is 19.4. The number of rotatable bonds is 12. The number of aryl methyl sites for hydroxylation is 2. The highest BCUT2D eigenvalue weighted by atomic mass is 35.5. The smallest absolute Gasteiger partial charge is 0.252 e. The van der Waals surface area contributed by atoms with Crippen LogP contribution in [0.4, 0.5) is 22.7 Å². The topological polar surface area (TPSA) is 144 Å². The number of carbonyl (C=O) groups is 4. The van der Waals surface area contributed by atoms with Gasteiger partial charge in [0, 0.05) is 58.8 Å². The van der Waals surface area contributed by atoms with E-state index in [0.717, 1.165) is 111 Å². The van der Waals surface area contributed by atoms with Crippen LogP contribution >= 0.6 is 23.2 Å². The standard InChI is InChI=1S/C23H32O2.C21H26Cl2O2.C15H18N2.C13H14N2.CH4/c1-14(2)18-12-17-8-9-21-22(5,16(4)25)10-7-11-23(21,6)20(17)13-19(18)15(3)24;1-12(2)14-10-13-6-7-17-20(3,16(13)11-15(14)18(22)24)8-5-9-21(17,4)19(23)25;1-16-14-7-3-12(4-8-14)11-13-5-9-15(17-2)10-6-13;14-12-5-1-10(2-6-12)9-11-3-7-13(15)8-4-11;/h12-14,21H,7-11H2,1-6H3;10-12,17H,5-9H2,1-4H3;3-10,16-17H,11H2,1-2H3;1-8H,9,14-15H2;1H4. The maximum Gasteiger partial charge on any atom is 0.252 e. The molecule has 0 aliphatic heterocycles. The van der Waals surface area contributed by atoms with E-state index in [4.69, 9.17) is 34.7 Å². The Bertz CT molecular complexity index is 3010. The fraction of sp³-hybridized carbons (Fsp3) is 0.452. The Balaban J connectivity index is 0.000000181. The largest absolute Gasteiger partial charge is 0.399 e. The summed E-state index contributed by atoms with van der Waals surface area (Å²) < 4.78 is 0. The lowest BCUT2D eigenvalue weighted by molar-refractivity contribution is -0.134. The molecule has 2 fully saturated rings. The molecule has 6 N–H and O–H groups in total. The summed E-state index contributed by atoms with van der Waals surface area (Å²) in [5, 5.41) is 5.63. The number of nitrogens with one attached hydrogen (secondary N) is 2. The Hall–Kier alpha value is -6.22. The van der Waals surface area contributed by atoms with E-state index < -0.39 is 10.7 Å². The molecule has 2 saturated carbocycles. The Morgan fingerprint density at radius 2 is 0.880 bits per heavy atom. The van der Waals surface area contributed by atoms with Crippen molar-refractivity contribution in [2.24, 2.45) is 22.7 Å². The van der Waals surface area contributed by atoms with Gasteiger partial charge in [0.1, 0.15) is 5.78 Å². The molecule has 6 atom stereocenters. The molecule has 6 aromatic rings. The van der Waals surface area contributed by atoms with Crippen molar-refractivity contribution in [1.29, 1.82) is 0 Å². The van der Waals surface area contributed by atoms with E-state index in [9.17, 15) is 19.2 Å². The molecule has 0 spiro atoms. The summed E-state index contributed by atoms with van der Waals surface area (Å²) in [5.74, 6) is 1.66. The normalized spacial score (nSPS) is 22.8. The molecule has 0 heterocycles. The zero-order chi connectivity index (χ0) is 59.9. The summed E-state index contributed by atoms with van der Waals surface area (Å²) in [6.45, 7) is 20.7. The van der Waals surface area contributed by atoms with Crippen LogP contribution in [0.15, 0.2) is 121 Å². The van der Waals surface area contributed by atoms with Crippen LogP contribution in [-0.2, 0) is 46.1 Å². The number of nitrogen functional groups attached to an aromatic ring is 2. The van der Waals surface area contributed by atoms with Crippen molar-refractivity contribution in [3.8, 4) is 0 Å². The molecule has 6 aromatic carbocycles. The van der Waals surface area contributed by atoms with Gasteiger partial charge in [-0.2, -0.15) is 0 Å². The second kappa shape index (κ2) is 27.7. The molecule has 444 valence electrons. The van der Waals surface area contributed by atoms with Gasteiger partial charge >= 0.3 is 0 Å². The lowest BCUT2D eigenvalue weighted by Crippen LogP contribution is -2.51. The molecule has 0 bridgehead atoms. The van der Waals surface area contributed by atoms with Gasteiger partial charge in [0.05, 0.1) is 0 Å². The number of nitrogens with two attached hydrogens (primary N) is 2. The Morgan fingerprint density at radius 1 is 0.530 bits per heavy atom. The number of halogens is 2. The highest BCUT2D eigenvalue weighted by molar-refractivity contribution is 6.68. The summed E-state index contributed by atoms with van der Waals surface area (Å²) in [6, 6.07) is 41.6. The lowest BCUT2D eigenvalue weighted by Gasteiger charge is -2.54. The van der Waals surface area contributed by atoms with Gasteiger partial charge in [0.25, 0.3) is 5.24 Å². The van der Waals surface area contributed by atoms with Crippen LogP contribution in [0.5, 0.6) is 0 Å². The van der Waals surface area contributed by atoms with Crippen molar-refractivity contribution in [2.45, 2.75) is 176 Å². The lowest BCUT2D eigenvalue weighted by atomic mass is 9.49. The van der Waals surface area contributed by atoms with E-state index in [1.165, 1.54) is 50.1 Å². The number of hydrogen-bond acceptors (Lipinski definition) is 8. The van der Waals surface area contributed by atoms with Gasteiger partial charge in [-0.15, -0.1) is 0 Å². The Labute approximate surface area is 507 Å². The van der Waals surface area contributed by atoms with Crippen molar-refractivity contribution >= 4 is 68.0 Å². The van der Waals surface area contributed by atoms with Gasteiger partial charge in [0.2, 0.25) is 5.24 Å². The molecule has 8 nitrogen and oxygen atoms in total. The zero-order valence-corrected chi connectivity index (χ0v) is 52.4. The van der Waals surface area contributed by atoms with Gasteiger partial charge in [-0.3, -0.25) is 19.2 Å². The first-order chi connectivity index (χ1) is 38.8. The number of ketones is 2. The average Bonchev–Trinajstić information content (AvgIpc) is 3.45. The van der Waals surface area contributed by atoms with Gasteiger partial charge in [-0.25, -0.2) is 0 Å². The molecule has 6 unspecified atom stereocenters. The third kappa shape index (κ3) is 14.7. The van der Waals surface area contributed by atoms with Gasteiger partial charge in [-0.1, -0.05) is 136 Å². The molecule has 10 rings (SSSR count). The maximum atomic E-state index is 12.5. The molecule has 0 aromatic heterocycles. The number of benzene rings is 6. The number of carbonyl (C=O) groups excluding carboxylic acids is 4. The second-order valence-electron chi connectivity index (χ2n) is 25.5. The van der Waals surface area contributed by atoms with Gasteiger partial charge in [0.15, 0.2) is 5.78 Å². The second-order valence-corrected chi connectivity index (χ2v) is 26.1. The minimum Gasteiger partial charge on any atom is -0.399 e. The number of hydrogen-bond donors (Lipinski definition) is 4. The van der Waals surface area contributed by atoms with Gasteiger partial charge in [-0.05, 0) is 252 Å². The van der Waals surface area contributed by atoms with Crippen molar-refractivity contribution in [3.05, 3.63) is 188 Å². The Morgan fingerprint density at radius 3 is 1.22 bits per heavy atom. The van der Waals surface area contributed by atoms with Crippen LogP contribution < -0.4 is 22.1 Å². The first-order valence-corrected chi connectivity index (χ1v) is 30.5. The maximum absolute atomic E-state index is 12.5. The predicted octanol–water partition coefficient (Wildman–Crippen LogP) is 18.0. The van der Waals surface area contributed by atoms with E-state index in [2.05, 4.69) is 126 Å². The van der Waals surface area contributed by atoms with E-state index in [1.807, 2.05) is 75.6 Å². The van der Waals surface area contributed by atoms with E-state index in [-0.39, 0.29) is 46.5 Å². The summed E-state index contributed by atoms with van der Waals surface area (Å²) in [4.78, 5) is 49.1. The third-order valence-corrected chi connectivity index (χ3v) is 20.0. The average molecular weight is 1160 g/mol. The zero-order valence-electron chi connectivity index (χ0n) is 50.9. The number of Topliss-reactive ketones (excluding diaryl/α,β-unsaturated/α-hetero) is 2. The van der Waals surface area contributed by atoms with Crippen LogP contribution in [0, 0.1) is 22.7 Å². The number of anilines is 4. The first kappa shape index (κ1) is 65.9. The van der Waals surface area contributed by atoms with Crippen molar-refractivity contribution in [2.75, 3.05) is 36.2 Å². The van der Waals surface area contributed by atoms with Crippen molar-refractivity contribution in [1.82, 2.24) is 0 Å². The molecule has 10 heteroatoms. The fourth-order valence-electron chi connectivity index (χ4n) is 14.5. The number of fused-ring (bicyclic) bond motifs is 6. The molecule has 0 saturated heterocycles. The fourth-order valence-corrected chi connectivity index (χ4v) is 14.9. The van der Waals surface area contributed by atoms with Crippen LogP contribution in [0.2, 0.25) is 0 Å². The van der Waals surface area contributed by atoms with Crippen molar-refractivity contribution in [3.63, 3.8) is 0 Å². The summed E-state index contributed by atoms with van der Waals surface area (Å²) >= 11 is 11.9. The molecule has 4 aliphatic carbocycles. The van der Waals surface area contributed by atoms with Crippen molar-refractivity contribution < 1.29 is 19.2 Å². The molecular formula is C73H94Cl2N4O4. The van der Waals surface area contributed by atoms with E-state index >= 15 is 0 Å². The molecular weight excluding hydrogens is 1070 g/mol. The quantitative estimate of drug-likeness (QED) is 0.0539. The molecule has 0 radical (unpaired) electrons. The predicted molar refractivity (Wildman–Crippen MR) is 351 cm³/mol. The summed E-state index contributed by atoms with van der Waals surface area (Å²) in [5.41, 5.74) is 28.4. The van der Waals surface area contributed by atoms with Crippen LogP contribution in [0.3, 0.4) is 0 Å². The first-order valence-electron chi connectivity index (χ1n) is 29.8. The SMILES string of the molecule is C.CC(=O)c1cc2c(cc1C(C)C)CCC1C(C)(C(C)=O)CCCC21C.CC(C)c1cc2c(cc1C(=O)Cl)C1(C)CCCC(C)(C(=O)Cl)C1CC2.CNc1ccc(Cc2ccc(NC)cc2)cc1.Nc1ccc(Cc2ccc(N)cc2)cc1. The van der Waals surface area contributed by atoms with Gasteiger partial charge < -0.3 is 22.1 Å². The van der Waals surface area contributed by atoms with Crippen LogP contribution in [0.1, 0.15) is 216 Å². The molecule has 83 heavy (non-hydrogen) atoms. The minimum atomic E-state index is -0.492. The van der Waals surface area contributed by atoms with Crippen LogP contribution in [0.25, 0.3) is 0 Å². The molecule has 4 aliphatic rings. The highest BCUT2D eigenvalue weighted by Crippen LogP contribution is 2.60. The van der Waals surface area contributed by atoms with E-state index in [1.54, 1.807) is 13.8 Å².